The minimum absolute atomic E-state index is 0.145. The molecular formula is C16H21NO4S. The van der Waals surface area contributed by atoms with E-state index in [-0.39, 0.29) is 23.6 Å². The van der Waals surface area contributed by atoms with E-state index in [1.807, 2.05) is 13.0 Å². The van der Waals surface area contributed by atoms with E-state index in [2.05, 4.69) is 4.72 Å². The molecule has 2 atom stereocenters. The van der Waals surface area contributed by atoms with Crippen LogP contribution in [-0.2, 0) is 19.5 Å². The molecule has 0 bridgehead atoms. The van der Waals surface area contributed by atoms with Gasteiger partial charge in [-0.05, 0) is 37.5 Å². The van der Waals surface area contributed by atoms with Crippen LogP contribution in [-0.4, -0.2) is 34.5 Å². The molecule has 0 saturated carbocycles. The fourth-order valence-electron chi connectivity index (χ4n) is 2.86. The van der Waals surface area contributed by atoms with Crippen LogP contribution in [0.15, 0.2) is 40.8 Å². The van der Waals surface area contributed by atoms with Crippen LogP contribution in [0.25, 0.3) is 0 Å². The van der Waals surface area contributed by atoms with Gasteiger partial charge in [0.1, 0.15) is 0 Å². The molecule has 1 aromatic carbocycles. The van der Waals surface area contributed by atoms with Gasteiger partial charge in [0.05, 0.1) is 11.5 Å². The molecule has 2 aliphatic heterocycles. The number of ether oxygens (including phenoxy) is 2. The molecule has 22 heavy (non-hydrogen) atoms. The zero-order valence-corrected chi connectivity index (χ0v) is 13.4. The van der Waals surface area contributed by atoms with Crippen LogP contribution in [0.5, 0.6) is 0 Å². The lowest BCUT2D eigenvalue weighted by Gasteiger charge is -2.24. The Balaban J connectivity index is 1.62. The Bertz CT molecular complexity index is 651. The molecule has 0 amide bonds. The molecule has 0 unspecified atom stereocenters. The van der Waals surface area contributed by atoms with Gasteiger partial charge >= 0.3 is 0 Å². The van der Waals surface area contributed by atoms with Crippen molar-refractivity contribution in [3.8, 4) is 0 Å². The number of hydrogen-bond acceptors (Lipinski definition) is 4. The maximum absolute atomic E-state index is 12.2. The number of rotatable bonds is 4. The summed E-state index contributed by atoms with van der Waals surface area (Å²) in [6.45, 7) is 3.48. The number of sulfonamides is 1. The summed E-state index contributed by atoms with van der Waals surface area (Å²) in [7, 11) is -3.46. The van der Waals surface area contributed by atoms with Crippen LogP contribution in [0.1, 0.15) is 18.4 Å². The van der Waals surface area contributed by atoms with Crippen molar-refractivity contribution in [1.82, 2.24) is 4.72 Å². The van der Waals surface area contributed by atoms with Crippen LogP contribution in [0, 0.1) is 12.8 Å². The number of fused-ring (bicyclic) bond motifs is 1. The molecule has 0 radical (unpaired) electrons. The van der Waals surface area contributed by atoms with Crippen molar-refractivity contribution in [2.24, 2.45) is 5.92 Å². The van der Waals surface area contributed by atoms with E-state index >= 15 is 0 Å². The van der Waals surface area contributed by atoms with Gasteiger partial charge < -0.3 is 9.47 Å². The van der Waals surface area contributed by atoms with Crippen molar-refractivity contribution in [1.29, 1.82) is 0 Å². The molecule has 2 aliphatic rings. The molecule has 3 rings (SSSR count). The van der Waals surface area contributed by atoms with Crippen molar-refractivity contribution >= 4 is 10.0 Å². The predicted octanol–water partition coefficient (Wildman–Crippen LogP) is 1.98. The Labute approximate surface area is 131 Å². The van der Waals surface area contributed by atoms with Crippen molar-refractivity contribution in [3.05, 3.63) is 41.5 Å². The summed E-state index contributed by atoms with van der Waals surface area (Å²) in [6.07, 6.45) is 3.84. The number of nitrogens with one attached hydrogen (secondary N) is 1. The molecule has 5 nitrogen and oxygen atoms in total. The quantitative estimate of drug-likeness (QED) is 0.861. The first kappa shape index (κ1) is 15.7. The average molecular weight is 323 g/mol. The highest BCUT2D eigenvalue weighted by Crippen LogP contribution is 2.34. The summed E-state index contributed by atoms with van der Waals surface area (Å²) in [5.74, 6) is 0.276. The van der Waals surface area contributed by atoms with E-state index in [1.165, 1.54) is 0 Å². The minimum Gasteiger partial charge on any atom is -0.352 e. The van der Waals surface area contributed by atoms with Crippen LogP contribution in [0.3, 0.4) is 0 Å². The van der Waals surface area contributed by atoms with Gasteiger partial charge in [-0.25, -0.2) is 13.1 Å². The average Bonchev–Trinajstić information content (AvgIpc) is 2.91. The Morgan fingerprint density at radius 1 is 1.27 bits per heavy atom. The molecule has 2 heterocycles. The number of aryl methyl sites for hydroxylation is 1. The van der Waals surface area contributed by atoms with Crippen molar-refractivity contribution in [3.63, 3.8) is 0 Å². The van der Waals surface area contributed by atoms with E-state index in [4.69, 9.17) is 9.47 Å². The summed E-state index contributed by atoms with van der Waals surface area (Å²) in [4.78, 5) is 0.290. The molecule has 1 aromatic rings. The topological polar surface area (TPSA) is 64.6 Å². The zero-order valence-electron chi connectivity index (χ0n) is 12.6. The van der Waals surface area contributed by atoms with Gasteiger partial charge in [0.2, 0.25) is 10.0 Å². The van der Waals surface area contributed by atoms with E-state index < -0.39 is 10.0 Å². The highest BCUT2D eigenvalue weighted by Gasteiger charge is 2.35. The maximum atomic E-state index is 12.2. The van der Waals surface area contributed by atoms with Crippen LogP contribution < -0.4 is 4.72 Å². The largest absolute Gasteiger partial charge is 0.352 e. The third kappa shape index (κ3) is 3.41. The Hall–Kier alpha value is -1.21. The summed E-state index contributed by atoms with van der Waals surface area (Å²) >= 11 is 0. The second-order valence-corrected chi connectivity index (χ2v) is 7.51. The Morgan fingerprint density at radius 2 is 2.05 bits per heavy atom. The SMILES string of the molecule is Cc1ccc(S(=O)(=O)NC/C=C2\CO[C@@H]3OCCC[C@H]23)cc1. The first-order valence-corrected chi connectivity index (χ1v) is 9.03. The summed E-state index contributed by atoms with van der Waals surface area (Å²) in [5, 5.41) is 0. The summed E-state index contributed by atoms with van der Waals surface area (Å²) < 4.78 is 38.2. The maximum Gasteiger partial charge on any atom is 0.240 e. The number of benzene rings is 1. The summed E-state index contributed by atoms with van der Waals surface area (Å²) in [6, 6.07) is 6.83. The number of hydrogen-bond donors (Lipinski definition) is 1. The fraction of sp³-hybridized carbons (Fsp3) is 0.500. The lowest BCUT2D eigenvalue weighted by atomic mass is 9.94. The van der Waals surface area contributed by atoms with Crippen molar-refractivity contribution in [2.75, 3.05) is 19.8 Å². The van der Waals surface area contributed by atoms with Gasteiger partial charge in [-0.3, -0.25) is 0 Å². The lowest BCUT2D eigenvalue weighted by molar-refractivity contribution is -0.150. The minimum atomic E-state index is -3.46. The van der Waals surface area contributed by atoms with Gasteiger partial charge in [0.25, 0.3) is 0 Å². The second kappa shape index (κ2) is 6.50. The molecule has 2 saturated heterocycles. The fourth-order valence-corrected chi connectivity index (χ4v) is 3.82. The summed E-state index contributed by atoms with van der Waals surface area (Å²) in [5.41, 5.74) is 2.17. The third-order valence-electron chi connectivity index (χ3n) is 4.13. The first-order valence-electron chi connectivity index (χ1n) is 7.55. The molecule has 0 aliphatic carbocycles. The first-order chi connectivity index (χ1) is 10.6. The van der Waals surface area contributed by atoms with Crippen LogP contribution in [0.4, 0.5) is 0 Å². The molecule has 0 spiro atoms. The van der Waals surface area contributed by atoms with Crippen LogP contribution in [0.2, 0.25) is 0 Å². The Kier molecular flexibility index (Phi) is 4.63. The van der Waals surface area contributed by atoms with Gasteiger partial charge in [0, 0.05) is 19.1 Å². The molecule has 120 valence electrons. The van der Waals surface area contributed by atoms with Crippen molar-refractivity contribution in [2.45, 2.75) is 31.0 Å². The highest BCUT2D eigenvalue weighted by atomic mass is 32.2. The smallest absolute Gasteiger partial charge is 0.240 e. The van der Waals surface area contributed by atoms with Crippen LogP contribution >= 0.6 is 0 Å². The molecule has 0 aromatic heterocycles. The normalized spacial score (nSPS) is 27.0. The third-order valence-corrected chi connectivity index (χ3v) is 5.57. The Morgan fingerprint density at radius 3 is 2.82 bits per heavy atom. The molecule has 6 heteroatoms. The second-order valence-electron chi connectivity index (χ2n) is 5.74. The highest BCUT2D eigenvalue weighted by molar-refractivity contribution is 7.89. The monoisotopic (exact) mass is 323 g/mol. The lowest BCUT2D eigenvalue weighted by Crippen LogP contribution is -2.27. The van der Waals surface area contributed by atoms with Crippen molar-refractivity contribution < 1.29 is 17.9 Å². The van der Waals surface area contributed by atoms with Gasteiger partial charge in [-0.2, -0.15) is 0 Å². The predicted molar refractivity (Wildman–Crippen MR) is 82.9 cm³/mol. The van der Waals surface area contributed by atoms with Gasteiger partial charge in [0.15, 0.2) is 6.29 Å². The van der Waals surface area contributed by atoms with Gasteiger partial charge in [-0.15, -0.1) is 0 Å². The van der Waals surface area contributed by atoms with E-state index in [0.29, 0.717) is 6.61 Å². The molecule has 1 N–H and O–H groups in total. The molecule has 2 fully saturated rings. The van der Waals surface area contributed by atoms with E-state index in [1.54, 1.807) is 24.3 Å². The van der Waals surface area contributed by atoms with E-state index in [9.17, 15) is 8.42 Å². The van der Waals surface area contributed by atoms with Gasteiger partial charge in [-0.1, -0.05) is 23.8 Å². The molecular weight excluding hydrogens is 302 g/mol. The zero-order chi connectivity index (χ0) is 15.6. The van der Waals surface area contributed by atoms with E-state index in [0.717, 1.165) is 30.6 Å². The standard InChI is InChI=1S/C16H21NO4S/c1-12-4-6-14(7-5-12)22(18,19)17-9-8-13-11-21-16-15(13)3-2-10-20-16/h4-8,15-17H,2-3,9-11H2,1H3/b13-8+/t15-,16+/m1/s1.